The van der Waals surface area contributed by atoms with Crippen LogP contribution in [0.1, 0.15) is 38.7 Å². The summed E-state index contributed by atoms with van der Waals surface area (Å²) in [5.74, 6) is 0. The molecule has 1 aromatic heterocycles. The van der Waals surface area contributed by atoms with Gasteiger partial charge in [0.2, 0.25) is 0 Å². The summed E-state index contributed by atoms with van der Waals surface area (Å²) in [6.45, 7) is 11.6. The van der Waals surface area contributed by atoms with Gasteiger partial charge < -0.3 is 10.0 Å². The van der Waals surface area contributed by atoms with Crippen LogP contribution in [-0.4, -0.2) is 82.2 Å². The van der Waals surface area contributed by atoms with E-state index in [1.165, 1.54) is 36.9 Å². The smallest absolute Gasteiger partial charge is 0.0702 e. The predicted octanol–water partition coefficient (Wildman–Crippen LogP) is 2.98. The fraction of sp³-hybridized carbons (Fsp3) is 0.625. The van der Waals surface area contributed by atoms with Crippen LogP contribution in [0, 0.1) is 0 Å². The molecule has 4 rings (SSSR count). The third kappa shape index (κ3) is 4.97. The molecule has 0 aliphatic carbocycles. The second-order valence-electron chi connectivity index (χ2n) is 9.03. The lowest BCUT2D eigenvalue weighted by molar-refractivity contribution is -0.0000196. The number of aliphatic hydroxyl groups excluding tert-OH is 1. The van der Waals surface area contributed by atoms with Crippen molar-refractivity contribution < 1.29 is 5.11 Å². The zero-order chi connectivity index (χ0) is 20.2. The number of hydrogen-bond donors (Lipinski definition) is 1. The van der Waals surface area contributed by atoms with Gasteiger partial charge in [0.1, 0.15) is 0 Å². The number of aromatic nitrogens is 1. The molecule has 158 valence electrons. The van der Waals surface area contributed by atoms with Gasteiger partial charge in [-0.15, -0.1) is 0 Å². The largest absolute Gasteiger partial charge is 0.396 e. The molecule has 1 N–H and O–H groups in total. The summed E-state index contributed by atoms with van der Waals surface area (Å²) in [6, 6.07) is 12.6. The van der Waals surface area contributed by atoms with Gasteiger partial charge in [0.15, 0.2) is 0 Å². The zero-order valence-electron chi connectivity index (χ0n) is 18.0. The number of piperidine rings is 1. The maximum absolute atomic E-state index is 9.68. The Balaban J connectivity index is 1.38. The Morgan fingerprint density at radius 3 is 2.69 bits per heavy atom. The Morgan fingerprint density at radius 1 is 1.10 bits per heavy atom. The van der Waals surface area contributed by atoms with Crippen LogP contribution in [0.15, 0.2) is 36.5 Å². The minimum Gasteiger partial charge on any atom is -0.396 e. The highest BCUT2D eigenvalue weighted by Crippen LogP contribution is 2.25. The molecular weight excluding hydrogens is 360 g/mol. The van der Waals surface area contributed by atoms with E-state index < -0.39 is 0 Å². The Morgan fingerprint density at radius 2 is 1.93 bits per heavy atom. The lowest BCUT2D eigenvalue weighted by Crippen LogP contribution is -2.58. The van der Waals surface area contributed by atoms with Crippen LogP contribution in [0.4, 0.5) is 0 Å². The second kappa shape index (κ2) is 9.52. The molecule has 2 fully saturated rings. The van der Waals surface area contributed by atoms with Gasteiger partial charge in [0, 0.05) is 62.5 Å². The van der Waals surface area contributed by atoms with Gasteiger partial charge in [0.25, 0.3) is 0 Å². The van der Waals surface area contributed by atoms with Crippen LogP contribution in [0.2, 0.25) is 0 Å². The molecule has 0 bridgehead atoms. The molecule has 2 aromatic rings. The van der Waals surface area contributed by atoms with Crippen LogP contribution < -0.4 is 0 Å². The molecule has 2 saturated heterocycles. The molecule has 0 saturated carbocycles. The van der Waals surface area contributed by atoms with Gasteiger partial charge in [-0.3, -0.25) is 14.8 Å². The Kier molecular flexibility index (Phi) is 6.81. The summed E-state index contributed by atoms with van der Waals surface area (Å²) in [7, 11) is 0. The number of aliphatic hydroxyl groups is 1. The first kappa shape index (κ1) is 20.7. The van der Waals surface area contributed by atoms with E-state index in [0.29, 0.717) is 18.1 Å². The number of likely N-dealkylation sites (tertiary alicyclic amines) is 1. The molecule has 5 heteroatoms. The fourth-order valence-electron chi connectivity index (χ4n) is 5.18. The maximum Gasteiger partial charge on any atom is 0.0702 e. The van der Waals surface area contributed by atoms with Crippen molar-refractivity contribution in [2.75, 3.05) is 39.3 Å². The van der Waals surface area contributed by atoms with E-state index in [9.17, 15) is 5.11 Å². The number of nitrogens with zero attached hydrogens (tertiary/aromatic N) is 4. The van der Waals surface area contributed by atoms with E-state index >= 15 is 0 Å². The van der Waals surface area contributed by atoms with Crippen molar-refractivity contribution in [3.05, 3.63) is 42.1 Å². The molecule has 0 radical (unpaired) electrons. The van der Waals surface area contributed by atoms with Crippen molar-refractivity contribution in [1.29, 1.82) is 0 Å². The van der Waals surface area contributed by atoms with E-state index in [-0.39, 0.29) is 6.61 Å². The predicted molar refractivity (Wildman–Crippen MR) is 119 cm³/mol. The minimum atomic E-state index is 0.279. The van der Waals surface area contributed by atoms with Crippen molar-refractivity contribution in [2.45, 2.75) is 57.8 Å². The first-order chi connectivity index (χ1) is 14.1. The Hall–Kier alpha value is -1.53. The molecule has 1 atom stereocenters. The Labute approximate surface area is 175 Å². The van der Waals surface area contributed by atoms with E-state index in [4.69, 9.17) is 0 Å². The van der Waals surface area contributed by atoms with E-state index in [0.717, 1.165) is 38.1 Å². The van der Waals surface area contributed by atoms with Crippen molar-refractivity contribution in [3.63, 3.8) is 0 Å². The van der Waals surface area contributed by atoms with E-state index in [1.54, 1.807) is 0 Å². The summed E-state index contributed by atoms with van der Waals surface area (Å²) in [5, 5.41) is 10.9. The summed E-state index contributed by atoms with van der Waals surface area (Å²) in [4.78, 5) is 12.3. The SMILES string of the molecule is CC(C)N1CCC(N2CCN(Cc3ccc4ncccc4c3)C[C@H]2CCO)CC1. The molecule has 0 unspecified atom stereocenters. The molecule has 0 spiro atoms. The summed E-state index contributed by atoms with van der Waals surface area (Å²) in [6.07, 6.45) is 5.25. The van der Waals surface area contributed by atoms with Crippen molar-refractivity contribution in [3.8, 4) is 0 Å². The highest BCUT2D eigenvalue weighted by Gasteiger charge is 2.33. The van der Waals surface area contributed by atoms with Gasteiger partial charge in [0.05, 0.1) is 5.52 Å². The number of fused-ring (bicyclic) bond motifs is 1. The third-order valence-corrected chi connectivity index (χ3v) is 6.85. The van der Waals surface area contributed by atoms with Crippen LogP contribution in [0.3, 0.4) is 0 Å². The second-order valence-corrected chi connectivity index (χ2v) is 9.03. The number of benzene rings is 1. The zero-order valence-corrected chi connectivity index (χ0v) is 18.0. The van der Waals surface area contributed by atoms with E-state index in [1.807, 2.05) is 12.3 Å². The standard InChI is InChI=1S/C24H36N4O/c1-19(2)27-11-7-22(8-12-27)28-14-13-26(18-23(28)9-15-29)17-20-5-6-24-21(16-20)4-3-10-25-24/h3-6,10,16,19,22-23,29H,7-9,11-15,17-18H2,1-2H3/t23-/m1/s1. The van der Waals surface area contributed by atoms with Gasteiger partial charge in [-0.2, -0.15) is 0 Å². The first-order valence-electron chi connectivity index (χ1n) is 11.3. The molecule has 0 amide bonds. The summed E-state index contributed by atoms with van der Waals surface area (Å²) in [5.41, 5.74) is 2.42. The quantitative estimate of drug-likeness (QED) is 0.813. The first-order valence-corrected chi connectivity index (χ1v) is 11.3. The molecule has 29 heavy (non-hydrogen) atoms. The molecular formula is C24H36N4O. The van der Waals surface area contributed by atoms with Crippen LogP contribution in [0.5, 0.6) is 0 Å². The highest BCUT2D eigenvalue weighted by atomic mass is 16.3. The lowest BCUT2D eigenvalue weighted by atomic mass is 9.97. The molecule has 3 heterocycles. The van der Waals surface area contributed by atoms with Crippen molar-refractivity contribution in [1.82, 2.24) is 19.7 Å². The number of rotatable bonds is 6. The van der Waals surface area contributed by atoms with Gasteiger partial charge >= 0.3 is 0 Å². The number of pyridine rings is 1. The summed E-state index contributed by atoms with van der Waals surface area (Å²) >= 11 is 0. The maximum atomic E-state index is 9.68. The number of hydrogen-bond acceptors (Lipinski definition) is 5. The topological polar surface area (TPSA) is 42.8 Å². The van der Waals surface area contributed by atoms with Crippen LogP contribution in [-0.2, 0) is 6.54 Å². The molecule has 2 aliphatic heterocycles. The van der Waals surface area contributed by atoms with Crippen LogP contribution >= 0.6 is 0 Å². The highest BCUT2D eigenvalue weighted by molar-refractivity contribution is 5.78. The van der Waals surface area contributed by atoms with Gasteiger partial charge in [-0.05, 0) is 70.0 Å². The van der Waals surface area contributed by atoms with Crippen molar-refractivity contribution >= 4 is 10.9 Å². The average molecular weight is 397 g/mol. The van der Waals surface area contributed by atoms with Crippen LogP contribution in [0.25, 0.3) is 10.9 Å². The van der Waals surface area contributed by atoms with Gasteiger partial charge in [-0.1, -0.05) is 12.1 Å². The molecule has 2 aliphatic rings. The summed E-state index contributed by atoms with van der Waals surface area (Å²) < 4.78 is 0. The van der Waals surface area contributed by atoms with Gasteiger partial charge in [-0.25, -0.2) is 0 Å². The average Bonchev–Trinajstić information content (AvgIpc) is 2.74. The molecule has 1 aromatic carbocycles. The van der Waals surface area contributed by atoms with E-state index in [2.05, 4.69) is 57.8 Å². The Bertz CT molecular complexity index is 787. The monoisotopic (exact) mass is 396 g/mol. The lowest BCUT2D eigenvalue weighted by Gasteiger charge is -2.48. The van der Waals surface area contributed by atoms with Crippen molar-refractivity contribution in [2.24, 2.45) is 0 Å². The minimum absolute atomic E-state index is 0.279. The third-order valence-electron chi connectivity index (χ3n) is 6.85. The number of piperazine rings is 1. The fourth-order valence-corrected chi connectivity index (χ4v) is 5.18. The molecule has 5 nitrogen and oxygen atoms in total. The normalized spacial score (nSPS) is 23.2.